The quantitative estimate of drug-likeness (QED) is 0.837. The summed E-state index contributed by atoms with van der Waals surface area (Å²) in [7, 11) is 1.85. The summed E-state index contributed by atoms with van der Waals surface area (Å²) in [4.78, 5) is 15.7. The third-order valence-corrected chi connectivity index (χ3v) is 3.75. The Morgan fingerprint density at radius 3 is 2.67 bits per heavy atom. The largest absolute Gasteiger partial charge is 0.494 e. The van der Waals surface area contributed by atoms with E-state index in [-0.39, 0.29) is 12.1 Å². The first-order valence-corrected chi connectivity index (χ1v) is 7.62. The molecule has 0 saturated carbocycles. The maximum atomic E-state index is 12.1. The van der Waals surface area contributed by atoms with Crippen LogP contribution in [0.4, 0.5) is 4.79 Å². The molecule has 1 saturated heterocycles. The Bertz CT molecular complexity index is 478. The SMILES string of the molecule is CCNC(CN1CCN(C)C1=O)c1ccccc1OCC. The molecule has 0 bridgehead atoms. The molecule has 5 heteroatoms. The van der Waals surface area contributed by atoms with Crippen LogP contribution in [-0.2, 0) is 0 Å². The minimum absolute atomic E-state index is 0.0909. The first kappa shape index (κ1) is 15.6. The van der Waals surface area contributed by atoms with Crippen LogP contribution in [0.2, 0.25) is 0 Å². The number of hydrogen-bond acceptors (Lipinski definition) is 3. The fourth-order valence-electron chi connectivity index (χ4n) is 2.67. The third-order valence-electron chi connectivity index (χ3n) is 3.75. The molecule has 1 atom stereocenters. The minimum atomic E-state index is 0.0909. The number of carbonyl (C=O) groups excluding carboxylic acids is 1. The van der Waals surface area contributed by atoms with Crippen molar-refractivity contribution in [2.24, 2.45) is 0 Å². The Labute approximate surface area is 126 Å². The predicted molar refractivity (Wildman–Crippen MR) is 83.6 cm³/mol. The van der Waals surface area contributed by atoms with Crippen molar-refractivity contribution in [2.45, 2.75) is 19.9 Å². The zero-order valence-electron chi connectivity index (χ0n) is 13.1. The highest BCUT2D eigenvalue weighted by molar-refractivity contribution is 5.76. The lowest BCUT2D eigenvalue weighted by Crippen LogP contribution is -2.37. The van der Waals surface area contributed by atoms with Gasteiger partial charge in [0.1, 0.15) is 5.75 Å². The molecule has 1 fully saturated rings. The maximum Gasteiger partial charge on any atom is 0.319 e. The van der Waals surface area contributed by atoms with E-state index < -0.39 is 0 Å². The van der Waals surface area contributed by atoms with Crippen molar-refractivity contribution in [3.63, 3.8) is 0 Å². The van der Waals surface area contributed by atoms with E-state index in [1.807, 2.05) is 37.1 Å². The van der Waals surface area contributed by atoms with Gasteiger partial charge in [-0.1, -0.05) is 25.1 Å². The van der Waals surface area contributed by atoms with Crippen LogP contribution in [-0.4, -0.2) is 55.7 Å². The second-order valence-electron chi connectivity index (χ2n) is 5.23. The van der Waals surface area contributed by atoms with E-state index in [9.17, 15) is 4.79 Å². The molecule has 2 amide bonds. The summed E-state index contributed by atoms with van der Waals surface area (Å²) in [5, 5.41) is 3.47. The van der Waals surface area contributed by atoms with E-state index in [4.69, 9.17) is 4.74 Å². The molecule has 1 aromatic carbocycles. The molecule has 1 unspecified atom stereocenters. The Balaban J connectivity index is 2.17. The lowest BCUT2D eigenvalue weighted by molar-refractivity contribution is 0.193. The molecule has 1 aliphatic heterocycles. The number of hydrogen-bond donors (Lipinski definition) is 1. The Kier molecular flexibility index (Phi) is 5.44. The summed E-state index contributed by atoms with van der Waals surface area (Å²) < 4.78 is 5.72. The Hall–Kier alpha value is -1.75. The van der Waals surface area contributed by atoms with Gasteiger partial charge in [0, 0.05) is 32.2 Å². The van der Waals surface area contributed by atoms with Crippen LogP contribution in [0.15, 0.2) is 24.3 Å². The van der Waals surface area contributed by atoms with E-state index in [1.54, 1.807) is 4.90 Å². The van der Waals surface area contributed by atoms with Crippen LogP contribution in [0.1, 0.15) is 25.5 Å². The first-order chi connectivity index (χ1) is 10.2. The summed E-state index contributed by atoms with van der Waals surface area (Å²) in [6, 6.07) is 8.25. The minimum Gasteiger partial charge on any atom is -0.494 e. The van der Waals surface area contributed by atoms with E-state index in [2.05, 4.69) is 18.3 Å². The normalized spacial score (nSPS) is 16.4. The standard InChI is InChI=1S/C16H25N3O2/c1-4-17-14(12-19-11-10-18(3)16(19)20)13-8-6-7-9-15(13)21-5-2/h6-9,14,17H,4-5,10-12H2,1-3H3. The van der Waals surface area contributed by atoms with Gasteiger partial charge in [-0.2, -0.15) is 0 Å². The molecule has 1 aliphatic rings. The molecular formula is C16H25N3O2. The number of rotatable bonds is 7. The molecule has 1 aromatic rings. The summed E-state index contributed by atoms with van der Waals surface area (Å²) >= 11 is 0. The van der Waals surface area contributed by atoms with Crippen LogP contribution < -0.4 is 10.1 Å². The van der Waals surface area contributed by atoms with Gasteiger partial charge in [0.25, 0.3) is 0 Å². The zero-order chi connectivity index (χ0) is 15.2. The van der Waals surface area contributed by atoms with Crippen molar-refractivity contribution in [3.8, 4) is 5.75 Å². The molecule has 5 nitrogen and oxygen atoms in total. The van der Waals surface area contributed by atoms with Crippen molar-refractivity contribution in [1.82, 2.24) is 15.1 Å². The average Bonchev–Trinajstić information content (AvgIpc) is 2.80. The second-order valence-corrected chi connectivity index (χ2v) is 5.23. The summed E-state index contributed by atoms with van der Waals surface area (Å²) in [6.07, 6.45) is 0. The third kappa shape index (κ3) is 3.67. The van der Waals surface area contributed by atoms with Crippen LogP contribution in [0.5, 0.6) is 5.75 Å². The van der Waals surface area contributed by atoms with E-state index in [0.29, 0.717) is 13.2 Å². The Morgan fingerprint density at radius 1 is 1.29 bits per heavy atom. The van der Waals surface area contributed by atoms with E-state index in [1.165, 1.54) is 0 Å². The molecule has 0 radical (unpaired) electrons. The van der Waals surface area contributed by atoms with Gasteiger partial charge in [-0.3, -0.25) is 0 Å². The molecule has 0 aromatic heterocycles. The topological polar surface area (TPSA) is 44.8 Å². The lowest BCUT2D eigenvalue weighted by atomic mass is 10.0. The zero-order valence-corrected chi connectivity index (χ0v) is 13.1. The average molecular weight is 291 g/mol. The van der Waals surface area contributed by atoms with Crippen LogP contribution in [0, 0.1) is 0 Å². The van der Waals surface area contributed by atoms with Crippen LogP contribution in [0.25, 0.3) is 0 Å². The number of nitrogens with one attached hydrogen (secondary N) is 1. The molecule has 116 valence electrons. The smallest absolute Gasteiger partial charge is 0.319 e. The summed E-state index contributed by atoms with van der Waals surface area (Å²) in [6.45, 7) is 7.80. The second kappa shape index (κ2) is 7.31. The van der Waals surface area contributed by atoms with Gasteiger partial charge in [0.15, 0.2) is 0 Å². The predicted octanol–water partition coefficient (Wildman–Crippen LogP) is 2.10. The number of ether oxygens (including phenoxy) is 1. The molecule has 21 heavy (non-hydrogen) atoms. The molecule has 0 aliphatic carbocycles. The fraction of sp³-hybridized carbons (Fsp3) is 0.562. The highest BCUT2D eigenvalue weighted by Gasteiger charge is 2.28. The molecule has 0 spiro atoms. The van der Waals surface area contributed by atoms with E-state index >= 15 is 0 Å². The van der Waals surface area contributed by atoms with Crippen molar-refractivity contribution < 1.29 is 9.53 Å². The van der Waals surface area contributed by atoms with Crippen LogP contribution in [0.3, 0.4) is 0 Å². The van der Waals surface area contributed by atoms with E-state index in [0.717, 1.165) is 30.9 Å². The van der Waals surface area contributed by atoms with Crippen LogP contribution >= 0.6 is 0 Å². The van der Waals surface area contributed by atoms with Gasteiger partial charge < -0.3 is 19.9 Å². The highest BCUT2D eigenvalue weighted by Crippen LogP contribution is 2.26. The number of likely N-dealkylation sites (N-methyl/N-ethyl adjacent to an activating group) is 2. The van der Waals surface area contributed by atoms with Crippen molar-refractivity contribution in [3.05, 3.63) is 29.8 Å². The molecular weight excluding hydrogens is 266 g/mol. The number of benzene rings is 1. The maximum absolute atomic E-state index is 12.1. The van der Waals surface area contributed by atoms with Gasteiger partial charge in [-0.25, -0.2) is 4.79 Å². The van der Waals surface area contributed by atoms with Crippen molar-refractivity contribution >= 4 is 6.03 Å². The van der Waals surface area contributed by atoms with Gasteiger partial charge in [0.2, 0.25) is 0 Å². The Morgan fingerprint density at radius 2 is 2.05 bits per heavy atom. The number of nitrogens with zero attached hydrogens (tertiary/aromatic N) is 2. The summed E-state index contributed by atoms with van der Waals surface area (Å²) in [5.41, 5.74) is 1.11. The molecule has 1 heterocycles. The number of amides is 2. The van der Waals surface area contributed by atoms with Gasteiger partial charge >= 0.3 is 6.03 Å². The molecule has 1 N–H and O–H groups in total. The molecule has 2 rings (SSSR count). The van der Waals surface area contributed by atoms with Crippen molar-refractivity contribution in [1.29, 1.82) is 0 Å². The number of para-hydroxylation sites is 1. The fourth-order valence-corrected chi connectivity index (χ4v) is 2.67. The van der Waals surface area contributed by atoms with Gasteiger partial charge in [-0.15, -0.1) is 0 Å². The van der Waals surface area contributed by atoms with Crippen molar-refractivity contribution in [2.75, 3.05) is 39.8 Å². The van der Waals surface area contributed by atoms with Gasteiger partial charge in [-0.05, 0) is 19.5 Å². The number of carbonyl (C=O) groups is 1. The summed E-state index contributed by atoms with van der Waals surface area (Å²) in [5.74, 6) is 0.894. The van der Waals surface area contributed by atoms with Gasteiger partial charge in [0.05, 0.1) is 12.6 Å². The highest BCUT2D eigenvalue weighted by atomic mass is 16.5. The number of urea groups is 1. The lowest BCUT2D eigenvalue weighted by Gasteiger charge is -2.26. The monoisotopic (exact) mass is 291 g/mol. The first-order valence-electron chi connectivity index (χ1n) is 7.62.